The van der Waals surface area contributed by atoms with E-state index in [9.17, 15) is 9.59 Å². The number of hydrogen-bond acceptors (Lipinski definition) is 6. The van der Waals surface area contributed by atoms with E-state index in [0.29, 0.717) is 36.7 Å². The number of rotatable bonds is 5. The summed E-state index contributed by atoms with van der Waals surface area (Å²) < 4.78 is 10.8. The number of hydrogen-bond donors (Lipinski definition) is 1. The predicted octanol–water partition coefficient (Wildman–Crippen LogP) is 1.71. The highest BCUT2D eigenvalue weighted by molar-refractivity contribution is 6.40. The summed E-state index contributed by atoms with van der Waals surface area (Å²) in [6.45, 7) is 1.01. The van der Waals surface area contributed by atoms with Crippen LogP contribution in [0.15, 0.2) is 47.6 Å². The lowest BCUT2D eigenvalue weighted by atomic mass is 9.98. The zero-order valence-corrected chi connectivity index (χ0v) is 17.0. The number of ether oxygens (including phenoxy) is 2. The monoisotopic (exact) mass is 408 g/mol. The number of nitrogens with zero attached hydrogens (tertiary/aromatic N) is 3. The molecule has 0 aromatic heterocycles. The lowest BCUT2D eigenvalue weighted by Crippen LogP contribution is -2.41. The van der Waals surface area contributed by atoms with Crippen LogP contribution in [0.2, 0.25) is 0 Å². The van der Waals surface area contributed by atoms with E-state index in [0.717, 1.165) is 16.8 Å². The van der Waals surface area contributed by atoms with Gasteiger partial charge in [0.25, 0.3) is 5.91 Å². The third kappa shape index (κ3) is 3.56. The second-order valence-electron chi connectivity index (χ2n) is 7.30. The fraction of sp³-hybridized carbons (Fsp3) is 0.318. The molecule has 0 unspecified atom stereocenters. The summed E-state index contributed by atoms with van der Waals surface area (Å²) >= 11 is 0. The third-order valence-electron chi connectivity index (χ3n) is 5.51. The highest BCUT2D eigenvalue weighted by Crippen LogP contribution is 2.33. The fourth-order valence-corrected chi connectivity index (χ4v) is 3.92. The van der Waals surface area contributed by atoms with E-state index in [-0.39, 0.29) is 12.3 Å². The standard InChI is InChI=1S/C22H24N4O4/c1-29-19-10-14-8-9-25(13-15(14)11-20(19)30-2)22(28)17-12-18(21(23)27)26(24-17)16-6-4-3-5-7-16/h3-7,10-11,18H,8-9,12-13H2,1-2H3,(H2,23,27)/t18-/m1/s1. The van der Waals surface area contributed by atoms with E-state index in [2.05, 4.69) is 5.10 Å². The Hall–Kier alpha value is -3.55. The molecule has 0 radical (unpaired) electrons. The van der Waals surface area contributed by atoms with E-state index in [1.165, 1.54) is 0 Å². The number of carbonyl (C=O) groups excluding carboxylic acids is 2. The molecule has 2 N–H and O–H groups in total. The van der Waals surface area contributed by atoms with Gasteiger partial charge < -0.3 is 20.1 Å². The number of amides is 2. The quantitative estimate of drug-likeness (QED) is 0.812. The molecular formula is C22H24N4O4. The van der Waals surface area contributed by atoms with Crippen molar-refractivity contribution in [3.8, 4) is 11.5 Å². The molecule has 0 saturated carbocycles. The zero-order valence-electron chi connectivity index (χ0n) is 17.0. The Bertz CT molecular complexity index is 1010. The van der Waals surface area contributed by atoms with Gasteiger partial charge >= 0.3 is 0 Å². The topological polar surface area (TPSA) is 97.5 Å². The molecular weight excluding hydrogens is 384 g/mol. The van der Waals surface area contributed by atoms with Gasteiger partial charge in [0.05, 0.1) is 19.9 Å². The van der Waals surface area contributed by atoms with Crippen molar-refractivity contribution < 1.29 is 19.1 Å². The number of fused-ring (bicyclic) bond motifs is 1. The van der Waals surface area contributed by atoms with Crippen molar-refractivity contribution in [2.45, 2.75) is 25.4 Å². The first-order valence-electron chi connectivity index (χ1n) is 9.76. The second kappa shape index (κ2) is 8.06. The highest BCUT2D eigenvalue weighted by Gasteiger charge is 2.37. The Balaban J connectivity index is 1.57. The summed E-state index contributed by atoms with van der Waals surface area (Å²) in [5.41, 5.74) is 8.79. The number of nitrogens with two attached hydrogens (primary N) is 1. The highest BCUT2D eigenvalue weighted by atomic mass is 16.5. The van der Waals surface area contributed by atoms with Crippen LogP contribution in [0, 0.1) is 0 Å². The molecule has 8 heteroatoms. The molecule has 2 aromatic rings. The minimum Gasteiger partial charge on any atom is -0.493 e. The van der Waals surface area contributed by atoms with Crippen LogP contribution in [0.25, 0.3) is 0 Å². The van der Waals surface area contributed by atoms with Crippen molar-refractivity contribution in [3.05, 3.63) is 53.6 Å². The Kier molecular flexibility index (Phi) is 5.31. The number of carbonyl (C=O) groups is 2. The number of para-hydroxylation sites is 1. The molecule has 0 spiro atoms. The summed E-state index contributed by atoms with van der Waals surface area (Å²) in [7, 11) is 3.19. The molecule has 0 fully saturated rings. The molecule has 8 nitrogen and oxygen atoms in total. The maximum atomic E-state index is 13.2. The molecule has 0 saturated heterocycles. The maximum absolute atomic E-state index is 13.2. The van der Waals surface area contributed by atoms with Gasteiger partial charge in [0.2, 0.25) is 5.91 Å². The number of primary amides is 1. The molecule has 2 heterocycles. The van der Waals surface area contributed by atoms with Crippen LogP contribution in [0.3, 0.4) is 0 Å². The number of benzene rings is 2. The summed E-state index contributed by atoms with van der Waals surface area (Å²) in [6, 6.07) is 12.5. The number of hydrazone groups is 1. The molecule has 30 heavy (non-hydrogen) atoms. The van der Waals surface area contributed by atoms with Crippen molar-refractivity contribution >= 4 is 23.2 Å². The van der Waals surface area contributed by atoms with Crippen LogP contribution in [0.4, 0.5) is 5.69 Å². The van der Waals surface area contributed by atoms with Gasteiger partial charge in [-0.3, -0.25) is 14.6 Å². The third-order valence-corrected chi connectivity index (χ3v) is 5.51. The molecule has 2 aliphatic rings. The largest absolute Gasteiger partial charge is 0.493 e. The number of anilines is 1. The van der Waals surface area contributed by atoms with Crippen molar-refractivity contribution in [1.29, 1.82) is 0 Å². The van der Waals surface area contributed by atoms with Crippen molar-refractivity contribution in [2.24, 2.45) is 10.8 Å². The van der Waals surface area contributed by atoms with E-state index < -0.39 is 11.9 Å². The van der Waals surface area contributed by atoms with Crippen LogP contribution in [0.1, 0.15) is 17.5 Å². The first-order chi connectivity index (χ1) is 14.5. The molecule has 2 aliphatic heterocycles. The van der Waals surface area contributed by atoms with Gasteiger partial charge in [0, 0.05) is 19.5 Å². The van der Waals surface area contributed by atoms with E-state index in [4.69, 9.17) is 15.2 Å². The predicted molar refractivity (Wildman–Crippen MR) is 113 cm³/mol. The normalized spacial score (nSPS) is 17.9. The Labute approximate surface area is 174 Å². The van der Waals surface area contributed by atoms with Crippen molar-refractivity contribution in [1.82, 2.24) is 4.90 Å². The summed E-state index contributed by atoms with van der Waals surface area (Å²) in [4.78, 5) is 26.9. The Morgan fingerprint density at radius 2 is 1.73 bits per heavy atom. The minimum atomic E-state index is -0.673. The maximum Gasteiger partial charge on any atom is 0.270 e. The smallest absolute Gasteiger partial charge is 0.270 e. The molecule has 156 valence electrons. The summed E-state index contributed by atoms with van der Waals surface area (Å²) in [5.74, 6) is 0.623. The molecule has 2 amide bonds. The van der Waals surface area contributed by atoms with Gasteiger partial charge in [-0.2, -0.15) is 5.10 Å². The van der Waals surface area contributed by atoms with Crippen LogP contribution in [-0.2, 0) is 22.6 Å². The van der Waals surface area contributed by atoms with Gasteiger partial charge in [-0.1, -0.05) is 18.2 Å². The number of methoxy groups -OCH3 is 2. The molecule has 0 bridgehead atoms. The van der Waals surface area contributed by atoms with Gasteiger partial charge in [0.1, 0.15) is 11.8 Å². The average molecular weight is 408 g/mol. The van der Waals surface area contributed by atoms with Gasteiger partial charge in [0.15, 0.2) is 11.5 Å². The Morgan fingerprint density at radius 1 is 1.07 bits per heavy atom. The molecule has 2 aromatic carbocycles. The van der Waals surface area contributed by atoms with Gasteiger partial charge in [-0.25, -0.2) is 0 Å². The first kappa shape index (κ1) is 19.8. The van der Waals surface area contributed by atoms with Crippen molar-refractivity contribution in [3.63, 3.8) is 0 Å². The van der Waals surface area contributed by atoms with Crippen LogP contribution in [0.5, 0.6) is 11.5 Å². The van der Waals surface area contributed by atoms with E-state index in [1.54, 1.807) is 24.1 Å². The SMILES string of the molecule is COc1cc2c(cc1OC)CN(C(=O)C1=NN(c3ccccc3)[C@@H](C(N)=O)C1)CC2. The summed E-state index contributed by atoms with van der Waals surface area (Å²) in [6.07, 6.45) is 0.898. The first-order valence-corrected chi connectivity index (χ1v) is 9.76. The molecule has 4 rings (SSSR count). The van der Waals surface area contributed by atoms with Crippen LogP contribution >= 0.6 is 0 Å². The Morgan fingerprint density at radius 3 is 2.37 bits per heavy atom. The second-order valence-corrected chi connectivity index (χ2v) is 7.30. The minimum absolute atomic E-state index is 0.180. The lowest BCUT2D eigenvalue weighted by Gasteiger charge is -2.29. The fourth-order valence-electron chi connectivity index (χ4n) is 3.92. The average Bonchev–Trinajstić information content (AvgIpc) is 3.23. The van der Waals surface area contributed by atoms with Crippen LogP contribution < -0.4 is 20.2 Å². The zero-order chi connectivity index (χ0) is 21.3. The molecule has 1 atom stereocenters. The van der Waals surface area contributed by atoms with Gasteiger partial charge in [-0.05, 0) is 41.8 Å². The van der Waals surface area contributed by atoms with E-state index in [1.807, 2.05) is 42.5 Å². The summed E-state index contributed by atoms with van der Waals surface area (Å²) in [5, 5.41) is 6.01. The van der Waals surface area contributed by atoms with E-state index >= 15 is 0 Å². The molecule has 0 aliphatic carbocycles. The van der Waals surface area contributed by atoms with Gasteiger partial charge in [-0.15, -0.1) is 0 Å². The van der Waals surface area contributed by atoms with Crippen LogP contribution in [-0.4, -0.2) is 49.2 Å². The van der Waals surface area contributed by atoms with Crippen molar-refractivity contribution in [2.75, 3.05) is 25.8 Å². The lowest BCUT2D eigenvalue weighted by molar-refractivity contribution is -0.125.